The first kappa shape index (κ1) is 17.0. The molecule has 0 saturated heterocycles. The summed E-state index contributed by atoms with van der Waals surface area (Å²) in [7, 11) is 1.56. The van der Waals surface area contributed by atoms with Crippen molar-refractivity contribution < 1.29 is 14.3 Å². The fourth-order valence-electron chi connectivity index (χ4n) is 1.92. The maximum atomic E-state index is 12.2. The van der Waals surface area contributed by atoms with Gasteiger partial charge in [0.05, 0.1) is 17.3 Å². The van der Waals surface area contributed by atoms with Crippen molar-refractivity contribution in [3.63, 3.8) is 0 Å². The van der Waals surface area contributed by atoms with Crippen LogP contribution in [0.25, 0.3) is 0 Å². The lowest BCUT2D eigenvalue weighted by Gasteiger charge is -2.10. The standard InChI is InChI=1S/C17H17ClN2O3/c1-23-10-9-19-16(21)13-7-8-14(18)15(11-13)20-17(22)12-5-3-2-4-6-12/h2-8,11H,9-10H2,1H3,(H,19,21)(H,20,22). The van der Waals surface area contributed by atoms with Crippen LogP contribution < -0.4 is 10.6 Å². The minimum atomic E-state index is -0.288. The first-order valence-corrected chi connectivity index (χ1v) is 7.42. The van der Waals surface area contributed by atoms with Gasteiger partial charge in [-0.05, 0) is 30.3 Å². The lowest BCUT2D eigenvalue weighted by Crippen LogP contribution is -2.27. The Morgan fingerprint density at radius 1 is 1.04 bits per heavy atom. The number of methoxy groups -OCH3 is 1. The van der Waals surface area contributed by atoms with Gasteiger partial charge in [0.2, 0.25) is 0 Å². The number of nitrogens with one attached hydrogen (secondary N) is 2. The van der Waals surface area contributed by atoms with Gasteiger partial charge < -0.3 is 15.4 Å². The predicted octanol–water partition coefficient (Wildman–Crippen LogP) is 2.97. The average molecular weight is 333 g/mol. The van der Waals surface area contributed by atoms with Crippen molar-refractivity contribution in [2.24, 2.45) is 0 Å². The topological polar surface area (TPSA) is 67.4 Å². The van der Waals surface area contributed by atoms with Crippen LogP contribution >= 0.6 is 11.6 Å². The van der Waals surface area contributed by atoms with E-state index >= 15 is 0 Å². The number of carbonyl (C=O) groups is 2. The summed E-state index contributed by atoms with van der Waals surface area (Å²) < 4.78 is 4.88. The van der Waals surface area contributed by atoms with Crippen molar-refractivity contribution in [1.82, 2.24) is 5.32 Å². The minimum Gasteiger partial charge on any atom is -0.383 e. The first-order valence-electron chi connectivity index (χ1n) is 7.05. The number of carbonyl (C=O) groups excluding carboxylic acids is 2. The van der Waals surface area contributed by atoms with Crippen LogP contribution in [0.1, 0.15) is 20.7 Å². The molecule has 2 amide bonds. The molecule has 0 spiro atoms. The van der Waals surface area contributed by atoms with Crippen LogP contribution in [0.3, 0.4) is 0 Å². The van der Waals surface area contributed by atoms with Crippen molar-refractivity contribution in [3.05, 3.63) is 64.7 Å². The van der Waals surface area contributed by atoms with E-state index in [0.717, 1.165) is 0 Å². The third-order valence-corrected chi connectivity index (χ3v) is 3.43. The van der Waals surface area contributed by atoms with Crippen molar-refractivity contribution in [2.45, 2.75) is 0 Å². The minimum absolute atomic E-state index is 0.256. The number of hydrogen-bond acceptors (Lipinski definition) is 3. The molecule has 0 atom stereocenters. The Morgan fingerprint density at radius 2 is 1.78 bits per heavy atom. The molecule has 0 aliphatic rings. The third kappa shape index (κ3) is 4.81. The van der Waals surface area contributed by atoms with Crippen LogP contribution in [0, 0.1) is 0 Å². The summed E-state index contributed by atoms with van der Waals surface area (Å²) in [6.07, 6.45) is 0. The average Bonchev–Trinajstić information content (AvgIpc) is 2.57. The lowest BCUT2D eigenvalue weighted by molar-refractivity contribution is 0.0936. The van der Waals surface area contributed by atoms with E-state index < -0.39 is 0 Å². The highest BCUT2D eigenvalue weighted by Gasteiger charge is 2.12. The number of amides is 2. The number of halogens is 1. The number of hydrogen-bond donors (Lipinski definition) is 2. The van der Waals surface area contributed by atoms with E-state index in [4.69, 9.17) is 16.3 Å². The summed E-state index contributed by atoms with van der Waals surface area (Å²) in [6, 6.07) is 13.5. The van der Waals surface area contributed by atoms with Gasteiger partial charge in [0.25, 0.3) is 11.8 Å². The molecule has 0 saturated carbocycles. The molecular formula is C17H17ClN2O3. The predicted molar refractivity (Wildman–Crippen MR) is 90.1 cm³/mol. The van der Waals surface area contributed by atoms with Crippen LogP contribution in [0.2, 0.25) is 5.02 Å². The summed E-state index contributed by atoms with van der Waals surface area (Å²) >= 11 is 6.09. The molecular weight excluding hydrogens is 316 g/mol. The second-order valence-corrected chi connectivity index (χ2v) is 5.17. The van der Waals surface area contributed by atoms with Gasteiger partial charge in [0.15, 0.2) is 0 Å². The van der Waals surface area contributed by atoms with Gasteiger partial charge in [0, 0.05) is 24.8 Å². The van der Waals surface area contributed by atoms with Gasteiger partial charge in [-0.3, -0.25) is 9.59 Å². The molecule has 0 bridgehead atoms. The summed E-state index contributed by atoms with van der Waals surface area (Å²) in [5.41, 5.74) is 1.31. The van der Waals surface area contributed by atoms with E-state index in [-0.39, 0.29) is 11.8 Å². The van der Waals surface area contributed by atoms with E-state index in [0.29, 0.717) is 35.0 Å². The largest absolute Gasteiger partial charge is 0.383 e. The summed E-state index contributed by atoms with van der Waals surface area (Å²) in [6.45, 7) is 0.834. The van der Waals surface area contributed by atoms with E-state index in [1.807, 2.05) is 6.07 Å². The second kappa shape index (κ2) is 8.31. The van der Waals surface area contributed by atoms with E-state index in [2.05, 4.69) is 10.6 Å². The van der Waals surface area contributed by atoms with Crippen LogP contribution in [-0.4, -0.2) is 32.1 Å². The van der Waals surface area contributed by atoms with Crippen molar-refractivity contribution in [2.75, 3.05) is 25.6 Å². The number of benzene rings is 2. The Balaban J connectivity index is 2.11. The Bertz CT molecular complexity index is 689. The first-order chi connectivity index (χ1) is 11.1. The Hall–Kier alpha value is -2.37. The molecule has 0 unspecified atom stereocenters. The SMILES string of the molecule is COCCNC(=O)c1ccc(Cl)c(NC(=O)c2ccccc2)c1. The zero-order chi connectivity index (χ0) is 16.7. The Kier molecular flexibility index (Phi) is 6.14. The quantitative estimate of drug-likeness (QED) is 0.799. The molecule has 2 rings (SSSR count). The van der Waals surface area contributed by atoms with Gasteiger partial charge in [-0.15, -0.1) is 0 Å². The number of ether oxygens (including phenoxy) is 1. The van der Waals surface area contributed by atoms with Crippen LogP contribution in [0.5, 0.6) is 0 Å². The van der Waals surface area contributed by atoms with E-state index in [1.165, 1.54) is 0 Å². The Morgan fingerprint density at radius 3 is 2.48 bits per heavy atom. The normalized spacial score (nSPS) is 10.2. The number of rotatable bonds is 6. The molecule has 0 radical (unpaired) electrons. The third-order valence-electron chi connectivity index (χ3n) is 3.10. The van der Waals surface area contributed by atoms with E-state index in [1.54, 1.807) is 49.6 Å². The fraction of sp³-hybridized carbons (Fsp3) is 0.176. The van der Waals surface area contributed by atoms with Gasteiger partial charge in [-0.2, -0.15) is 0 Å². The van der Waals surface area contributed by atoms with Crippen LogP contribution in [0.4, 0.5) is 5.69 Å². The summed E-state index contributed by atoms with van der Waals surface area (Å²) in [4.78, 5) is 24.2. The van der Waals surface area contributed by atoms with Crippen LogP contribution in [0.15, 0.2) is 48.5 Å². The molecule has 0 heterocycles. The molecule has 6 heteroatoms. The highest BCUT2D eigenvalue weighted by atomic mass is 35.5. The summed E-state index contributed by atoms with van der Waals surface area (Å²) in [5, 5.41) is 5.79. The molecule has 5 nitrogen and oxygen atoms in total. The van der Waals surface area contributed by atoms with Gasteiger partial charge in [-0.1, -0.05) is 29.8 Å². The van der Waals surface area contributed by atoms with Crippen molar-refractivity contribution in [3.8, 4) is 0 Å². The molecule has 120 valence electrons. The molecule has 0 aliphatic carbocycles. The smallest absolute Gasteiger partial charge is 0.255 e. The molecule has 2 aromatic rings. The maximum Gasteiger partial charge on any atom is 0.255 e. The molecule has 23 heavy (non-hydrogen) atoms. The zero-order valence-electron chi connectivity index (χ0n) is 12.6. The molecule has 0 aromatic heterocycles. The van der Waals surface area contributed by atoms with Crippen LogP contribution in [-0.2, 0) is 4.74 Å². The Labute approximate surface area is 139 Å². The van der Waals surface area contributed by atoms with Gasteiger partial charge in [-0.25, -0.2) is 0 Å². The van der Waals surface area contributed by atoms with E-state index in [9.17, 15) is 9.59 Å². The van der Waals surface area contributed by atoms with Crippen molar-refractivity contribution >= 4 is 29.1 Å². The molecule has 2 aromatic carbocycles. The molecule has 2 N–H and O–H groups in total. The maximum absolute atomic E-state index is 12.2. The zero-order valence-corrected chi connectivity index (χ0v) is 13.4. The molecule has 0 aliphatic heterocycles. The number of anilines is 1. The second-order valence-electron chi connectivity index (χ2n) is 4.76. The molecule has 0 fully saturated rings. The summed E-state index contributed by atoms with van der Waals surface area (Å²) in [5.74, 6) is -0.543. The lowest BCUT2D eigenvalue weighted by atomic mass is 10.1. The highest BCUT2D eigenvalue weighted by molar-refractivity contribution is 6.34. The monoisotopic (exact) mass is 332 g/mol. The van der Waals surface area contributed by atoms with Gasteiger partial charge >= 0.3 is 0 Å². The fourth-order valence-corrected chi connectivity index (χ4v) is 2.08. The highest BCUT2D eigenvalue weighted by Crippen LogP contribution is 2.23. The van der Waals surface area contributed by atoms with Gasteiger partial charge in [0.1, 0.15) is 0 Å². The van der Waals surface area contributed by atoms with Crippen molar-refractivity contribution in [1.29, 1.82) is 0 Å².